The number of halogens is 2. The van der Waals surface area contributed by atoms with Crippen molar-refractivity contribution in [1.82, 2.24) is 5.43 Å². The molecule has 5 nitrogen and oxygen atoms in total. The predicted octanol–water partition coefficient (Wildman–Crippen LogP) is 3.82. The molecule has 0 spiro atoms. The van der Waals surface area contributed by atoms with E-state index < -0.39 is 5.82 Å². The smallest absolute Gasteiger partial charge is 0.191 e. The Hall–Kier alpha value is -2.38. The lowest BCUT2D eigenvalue weighted by atomic mass is 10.2. The molecular weight excluding hydrogens is 353 g/mol. The van der Waals surface area contributed by atoms with Crippen LogP contribution in [0.1, 0.15) is 5.56 Å². The molecule has 126 valence electrons. The van der Waals surface area contributed by atoms with Gasteiger partial charge in [0.05, 0.1) is 25.5 Å². The highest BCUT2D eigenvalue weighted by Crippen LogP contribution is 2.29. The average Bonchev–Trinajstić information content (AvgIpc) is 2.57. The van der Waals surface area contributed by atoms with E-state index >= 15 is 0 Å². The lowest BCUT2D eigenvalue weighted by Gasteiger charge is -2.11. The number of rotatable bonds is 5. The van der Waals surface area contributed by atoms with Gasteiger partial charge >= 0.3 is 0 Å². The van der Waals surface area contributed by atoms with Crippen molar-refractivity contribution >= 4 is 40.8 Å². The SMILES string of the molecule is COc1ccc(NC(=S)N/N=C\c2c(F)cccc2Cl)cc1OC. The maximum absolute atomic E-state index is 13.6. The summed E-state index contributed by atoms with van der Waals surface area (Å²) in [5, 5.41) is 7.30. The number of hydrazone groups is 1. The minimum absolute atomic E-state index is 0.181. The largest absolute Gasteiger partial charge is 0.493 e. The van der Waals surface area contributed by atoms with Crippen LogP contribution in [0.3, 0.4) is 0 Å². The summed E-state index contributed by atoms with van der Waals surface area (Å²) in [7, 11) is 3.10. The van der Waals surface area contributed by atoms with Gasteiger partial charge in [0.2, 0.25) is 0 Å². The molecule has 0 aliphatic carbocycles. The lowest BCUT2D eigenvalue weighted by molar-refractivity contribution is 0.355. The third-order valence-electron chi connectivity index (χ3n) is 3.00. The molecule has 0 aliphatic rings. The van der Waals surface area contributed by atoms with Crippen LogP contribution in [0.25, 0.3) is 0 Å². The second-order valence-corrected chi connectivity index (χ2v) is 5.34. The number of hydrogen-bond acceptors (Lipinski definition) is 4. The Labute approximate surface area is 149 Å². The van der Waals surface area contributed by atoms with Gasteiger partial charge in [-0.1, -0.05) is 17.7 Å². The van der Waals surface area contributed by atoms with Gasteiger partial charge < -0.3 is 14.8 Å². The number of hydrogen-bond donors (Lipinski definition) is 2. The molecule has 24 heavy (non-hydrogen) atoms. The Morgan fingerprint density at radius 2 is 1.96 bits per heavy atom. The van der Waals surface area contributed by atoms with Crippen molar-refractivity contribution in [1.29, 1.82) is 0 Å². The fourth-order valence-corrected chi connectivity index (χ4v) is 2.24. The van der Waals surface area contributed by atoms with Crippen molar-refractivity contribution < 1.29 is 13.9 Å². The molecule has 2 rings (SSSR count). The highest BCUT2D eigenvalue weighted by molar-refractivity contribution is 7.80. The van der Waals surface area contributed by atoms with Crippen LogP contribution in [-0.4, -0.2) is 25.5 Å². The second kappa shape index (κ2) is 8.47. The number of nitrogens with one attached hydrogen (secondary N) is 2. The van der Waals surface area contributed by atoms with Gasteiger partial charge in [0.15, 0.2) is 16.6 Å². The highest BCUT2D eigenvalue weighted by atomic mass is 35.5. The fraction of sp³-hybridized carbons (Fsp3) is 0.125. The highest BCUT2D eigenvalue weighted by Gasteiger charge is 2.06. The van der Waals surface area contributed by atoms with Crippen LogP contribution in [0, 0.1) is 5.82 Å². The van der Waals surface area contributed by atoms with E-state index in [1.54, 1.807) is 38.5 Å². The summed E-state index contributed by atoms with van der Waals surface area (Å²) < 4.78 is 24.0. The van der Waals surface area contributed by atoms with E-state index in [0.717, 1.165) is 0 Å². The van der Waals surface area contributed by atoms with E-state index in [1.807, 2.05) is 0 Å². The number of anilines is 1. The maximum Gasteiger partial charge on any atom is 0.191 e. The number of nitrogens with zero attached hydrogens (tertiary/aromatic N) is 1. The maximum atomic E-state index is 13.6. The molecular formula is C16H15ClFN3O2S. The Kier molecular flexibility index (Phi) is 6.34. The molecule has 0 unspecified atom stereocenters. The first-order valence-corrected chi connectivity index (χ1v) is 7.60. The summed E-state index contributed by atoms with van der Waals surface area (Å²) in [4.78, 5) is 0. The zero-order valence-corrected chi connectivity index (χ0v) is 14.5. The van der Waals surface area contributed by atoms with Crippen molar-refractivity contribution in [2.24, 2.45) is 5.10 Å². The van der Waals surface area contributed by atoms with Gasteiger partial charge in [-0.3, -0.25) is 5.43 Å². The molecule has 0 radical (unpaired) electrons. The van der Waals surface area contributed by atoms with Crippen LogP contribution >= 0.6 is 23.8 Å². The third-order valence-corrected chi connectivity index (χ3v) is 3.52. The summed E-state index contributed by atoms with van der Waals surface area (Å²) in [6.07, 6.45) is 1.26. The first-order valence-electron chi connectivity index (χ1n) is 6.81. The van der Waals surface area contributed by atoms with Crippen LogP contribution in [0.2, 0.25) is 5.02 Å². The van der Waals surface area contributed by atoms with Crippen LogP contribution in [0.5, 0.6) is 11.5 Å². The zero-order valence-electron chi connectivity index (χ0n) is 13.0. The first kappa shape index (κ1) is 18.0. The quantitative estimate of drug-likeness (QED) is 0.478. The second-order valence-electron chi connectivity index (χ2n) is 4.53. The van der Waals surface area contributed by atoms with Gasteiger partial charge in [-0.2, -0.15) is 5.10 Å². The Bertz CT molecular complexity index is 751. The topological polar surface area (TPSA) is 54.9 Å². The van der Waals surface area contributed by atoms with Crippen LogP contribution in [0.15, 0.2) is 41.5 Å². The third kappa shape index (κ3) is 4.56. The van der Waals surface area contributed by atoms with Gasteiger partial charge in [-0.05, 0) is 36.5 Å². The molecule has 8 heteroatoms. The van der Waals surface area contributed by atoms with E-state index in [2.05, 4.69) is 15.8 Å². The fourth-order valence-electron chi connectivity index (χ4n) is 1.86. The molecule has 0 atom stereocenters. The molecule has 0 aromatic heterocycles. The Morgan fingerprint density at radius 3 is 2.62 bits per heavy atom. The summed E-state index contributed by atoms with van der Waals surface area (Å²) >= 11 is 11.0. The van der Waals surface area contributed by atoms with E-state index in [-0.39, 0.29) is 15.7 Å². The minimum Gasteiger partial charge on any atom is -0.493 e. The van der Waals surface area contributed by atoms with E-state index in [0.29, 0.717) is 17.2 Å². The van der Waals surface area contributed by atoms with Gasteiger partial charge in [0.1, 0.15) is 5.82 Å². The molecule has 0 aliphatic heterocycles. The van der Waals surface area contributed by atoms with Gasteiger partial charge in [0, 0.05) is 17.3 Å². The molecule has 2 aromatic carbocycles. The van der Waals surface area contributed by atoms with E-state index in [9.17, 15) is 4.39 Å². The van der Waals surface area contributed by atoms with Crippen molar-refractivity contribution in [3.8, 4) is 11.5 Å². The monoisotopic (exact) mass is 367 g/mol. The van der Waals surface area contributed by atoms with E-state index in [1.165, 1.54) is 18.3 Å². The molecule has 0 amide bonds. The standard InChI is InChI=1S/C16H15ClFN3O2S/c1-22-14-7-6-10(8-15(14)23-2)20-16(24)21-19-9-11-12(17)4-3-5-13(11)18/h3-9H,1-2H3,(H2,20,21,24)/b19-9-. The summed E-state index contributed by atoms with van der Waals surface area (Å²) in [6, 6.07) is 9.63. The van der Waals surface area contributed by atoms with Crippen LogP contribution < -0.4 is 20.2 Å². The molecule has 0 saturated carbocycles. The average molecular weight is 368 g/mol. The molecule has 2 aromatic rings. The van der Waals surface area contributed by atoms with Gasteiger partial charge in [-0.15, -0.1) is 0 Å². The minimum atomic E-state index is -0.466. The molecule has 0 saturated heterocycles. The number of methoxy groups -OCH3 is 2. The summed E-state index contributed by atoms with van der Waals surface area (Å²) in [5.74, 6) is 0.702. The first-order chi connectivity index (χ1) is 11.5. The predicted molar refractivity (Wildman–Crippen MR) is 97.9 cm³/mol. The summed E-state index contributed by atoms with van der Waals surface area (Å²) in [6.45, 7) is 0. The molecule has 2 N–H and O–H groups in total. The molecule has 0 fully saturated rings. The normalized spacial score (nSPS) is 10.5. The van der Waals surface area contributed by atoms with Crippen molar-refractivity contribution in [2.45, 2.75) is 0 Å². The van der Waals surface area contributed by atoms with E-state index in [4.69, 9.17) is 33.3 Å². The zero-order chi connectivity index (χ0) is 17.5. The number of benzene rings is 2. The van der Waals surface area contributed by atoms with Crippen molar-refractivity contribution in [3.05, 3.63) is 52.8 Å². The Balaban J connectivity index is 2.00. The van der Waals surface area contributed by atoms with Crippen LogP contribution in [0.4, 0.5) is 10.1 Å². The van der Waals surface area contributed by atoms with Gasteiger partial charge in [-0.25, -0.2) is 4.39 Å². The van der Waals surface area contributed by atoms with Crippen molar-refractivity contribution in [2.75, 3.05) is 19.5 Å². The van der Waals surface area contributed by atoms with Crippen LogP contribution in [-0.2, 0) is 0 Å². The molecule has 0 bridgehead atoms. The Morgan fingerprint density at radius 1 is 1.21 bits per heavy atom. The van der Waals surface area contributed by atoms with Gasteiger partial charge in [0.25, 0.3) is 0 Å². The number of ether oxygens (including phenoxy) is 2. The number of thiocarbonyl (C=S) groups is 1. The van der Waals surface area contributed by atoms with Crippen molar-refractivity contribution in [3.63, 3.8) is 0 Å². The summed E-state index contributed by atoms with van der Waals surface area (Å²) in [5.41, 5.74) is 3.46. The molecule has 0 heterocycles. The lowest BCUT2D eigenvalue weighted by Crippen LogP contribution is -2.23.